The zero-order chi connectivity index (χ0) is 45.7. The third-order valence-electron chi connectivity index (χ3n) is 15.7. The van der Waals surface area contributed by atoms with Crippen LogP contribution in [0, 0.1) is 0 Å². The maximum Gasteiger partial charge on any atom is 0.182 e. The average Bonchev–Trinajstić information content (AvgIpc) is 4.25. The number of benzene rings is 6. The Morgan fingerprint density at radius 2 is 0.868 bits per heavy atom. The van der Waals surface area contributed by atoms with Crippen LogP contribution in [0.3, 0.4) is 0 Å². The maximum absolute atomic E-state index is 15.1. The Morgan fingerprint density at radius 1 is 0.456 bits per heavy atom. The molecule has 4 atom stereocenters. The van der Waals surface area contributed by atoms with Crippen molar-refractivity contribution in [3.05, 3.63) is 156 Å². The number of Topliss-reactive ketones (excluding diaryl/α,β-unsaturated/α-hetero) is 2. The predicted molar refractivity (Wildman–Crippen MR) is 271 cm³/mol. The Morgan fingerprint density at radius 3 is 1.28 bits per heavy atom. The highest BCUT2D eigenvalue weighted by molar-refractivity contribution is 5.97. The molecule has 4 aliphatic heterocycles. The number of carbonyl (C=O) groups is 2. The highest BCUT2D eigenvalue weighted by Gasteiger charge is 2.51. The van der Waals surface area contributed by atoms with Crippen molar-refractivity contribution < 1.29 is 9.59 Å². The van der Waals surface area contributed by atoms with Gasteiger partial charge in [0.2, 0.25) is 0 Å². The fraction of sp³-hybridized carbons (Fsp3) is 0.345. The number of hydrogen-bond acceptors (Lipinski definition) is 8. The molecule has 10 nitrogen and oxygen atoms in total. The first-order chi connectivity index (χ1) is 33.5. The summed E-state index contributed by atoms with van der Waals surface area (Å²) in [6.07, 6.45) is 10.1. The molecule has 0 amide bonds. The third kappa shape index (κ3) is 7.68. The minimum atomic E-state index is -0.887. The Bertz CT molecular complexity index is 2910. The van der Waals surface area contributed by atoms with E-state index in [-0.39, 0.29) is 23.7 Å². The molecule has 10 heteroatoms. The summed E-state index contributed by atoms with van der Waals surface area (Å²) >= 11 is 0. The fourth-order valence-electron chi connectivity index (χ4n) is 12.1. The largest absolute Gasteiger partial charge is 0.340 e. The Kier molecular flexibility index (Phi) is 11.4. The number of hydrogen-bond donors (Lipinski definition) is 4. The highest BCUT2D eigenvalue weighted by Crippen LogP contribution is 2.42. The van der Waals surface area contributed by atoms with Crippen LogP contribution in [0.2, 0.25) is 0 Å². The highest BCUT2D eigenvalue weighted by atomic mass is 16.1. The number of aromatic nitrogens is 4. The van der Waals surface area contributed by atoms with Crippen molar-refractivity contribution in [2.75, 3.05) is 39.3 Å². The van der Waals surface area contributed by atoms with E-state index >= 15 is 9.59 Å². The van der Waals surface area contributed by atoms with Crippen molar-refractivity contribution in [1.82, 2.24) is 40.4 Å². The van der Waals surface area contributed by atoms with Gasteiger partial charge in [-0.1, -0.05) is 110 Å². The molecule has 344 valence electrons. The van der Waals surface area contributed by atoms with Gasteiger partial charge in [-0.3, -0.25) is 30.0 Å². The van der Waals surface area contributed by atoms with Crippen LogP contribution in [0.25, 0.3) is 55.1 Å². The molecule has 0 unspecified atom stereocenters. The summed E-state index contributed by atoms with van der Waals surface area (Å²) in [5, 5.41) is 9.66. The van der Waals surface area contributed by atoms with Crippen molar-refractivity contribution >= 4 is 44.4 Å². The van der Waals surface area contributed by atoms with Gasteiger partial charge in [-0.15, -0.1) is 0 Å². The van der Waals surface area contributed by atoms with Crippen LogP contribution < -0.4 is 10.6 Å². The standard InChI is InChI=1S/C58H60N8O2/c67-53(51(40-15-5-1-6-16-40)65-31-9-3-10-32-65)57(27-13-29-59-57)55-61-47-25-23-44(37-49(47)63-55)42-21-19-39-20-22-43(36-46(39)35-42)45-24-26-48-50(38-45)64-56(62-48)58(28-14-30-60-58)54(68)52(41-17-7-2-8-18-41)66-33-11-4-12-34-66/h1-2,5-8,15-26,35-38,51-52,59-60H,3-4,9-14,27-34H2,(H,61,63)(H,62,64)/t51-,52-,57-,58-/m1/s1. The van der Waals surface area contributed by atoms with E-state index in [1.54, 1.807) is 0 Å². The minimum absolute atomic E-state index is 0.185. The molecule has 6 aromatic carbocycles. The molecule has 0 aliphatic carbocycles. The third-order valence-corrected chi connectivity index (χ3v) is 15.7. The quantitative estimate of drug-likeness (QED) is 0.0956. The molecule has 4 aliphatic rings. The lowest BCUT2D eigenvalue weighted by molar-refractivity contribution is -0.132. The van der Waals surface area contributed by atoms with Gasteiger partial charge >= 0.3 is 0 Å². The number of nitrogens with one attached hydrogen (secondary N) is 4. The summed E-state index contributed by atoms with van der Waals surface area (Å²) in [4.78, 5) is 52.6. The molecular weight excluding hydrogens is 841 g/mol. The molecule has 0 bridgehead atoms. The molecule has 0 saturated carbocycles. The van der Waals surface area contributed by atoms with Gasteiger partial charge in [0, 0.05) is 0 Å². The summed E-state index contributed by atoms with van der Waals surface area (Å²) in [5.41, 5.74) is 8.28. The van der Waals surface area contributed by atoms with E-state index < -0.39 is 11.1 Å². The number of rotatable bonds is 12. The molecule has 68 heavy (non-hydrogen) atoms. The molecule has 12 rings (SSSR count). The van der Waals surface area contributed by atoms with Gasteiger partial charge < -0.3 is 9.97 Å². The number of fused-ring (bicyclic) bond motifs is 3. The van der Waals surface area contributed by atoms with Gasteiger partial charge in [0.05, 0.1) is 34.2 Å². The van der Waals surface area contributed by atoms with Gasteiger partial charge in [0.15, 0.2) is 11.6 Å². The van der Waals surface area contributed by atoms with E-state index in [1.807, 2.05) is 36.4 Å². The van der Waals surface area contributed by atoms with Crippen molar-refractivity contribution in [3.63, 3.8) is 0 Å². The van der Waals surface area contributed by atoms with E-state index in [9.17, 15) is 0 Å². The summed E-state index contributed by atoms with van der Waals surface area (Å²) < 4.78 is 0. The van der Waals surface area contributed by atoms with Crippen LogP contribution in [-0.4, -0.2) is 80.6 Å². The second kappa shape index (κ2) is 18.0. The van der Waals surface area contributed by atoms with Gasteiger partial charge in [0.1, 0.15) is 22.7 Å². The number of carbonyl (C=O) groups excluding carboxylic acids is 2. The van der Waals surface area contributed by atoms with Crippen LogP contribution in [0.4, 0.5) is 0 Å². The number of imidazole rings is 2. The normalized spacial score (nSPS) is 22.5. The first kappa shape index (κ1) is 43.0. The predicted octanol–water partition coefficient (Wildman–Crippen LogP) is 10.7. The molecule has 4 saturated heterocycles. The van der Waals surface area contributed by atoms with Gasteiger partial charge in [-0.25, -0.2) is 9.97 Å². The molecule has 4 fully saturated rings. The zero-order valence-electron chi connectivity index (χ0n) is 38.8. The van der Waals surface area contributed by atoms with Crippen LogP contribution >= 0.6 is 0 Å². The van der Waals surface area contributed by atoms with Crippen molar-refractivity contribution in [1.29, 1.82) is 0 Å². The molecule has 4 N–H and O–H groups in total. The minimum Gasteiger partial charge on any atom is -0.340 e. The molecule has 2 aromatic heterocycles. The Hall–Kier alpha value is -6.30. The number of aromatic amines is 2. The van der Waals surface area contributed by atoms with Crippen LogP contribution in [0.15, 0.2) is 133 Å². The van der Waals surface area contributed by atoms with Crippen LogP contribution in [0.1, 0.15) is 99.1 Å². The van der Waals surface area contributed by atoms with Crippen molar-refractivity contribution in [2.45, 2.75) is 87.4 Å². The van der Waals surface area contributed by atoms with E-state index in [4.69, 9.17) is 9.97 Å². The Balaban J connectivity index is 0.837. The summed E-state index contributed by atoms with van der Waals surface area (Å²) in [6.45, 7) is 5.26. The maximum atomic E-state index is 15.1. The van der Waals surface area contributed by atoms with Crippen LogP contribution in [-0.2, 0) is 20.7 Å². The Labute approximate surface area is 398 Å². The lowest BCUT2D eigenvalue weighted by Crippen LogP contribution is -2.52. The second-order valence-electron chi connectivity index (χ2n) is 19.8. The van der Waals surface area contributed by atoms with Crippen molar-refractivity contribution in [2.24, 2.45) is 0 Å². The molecule has 0 spiro atoms. The van der Waals surface area contributed by atoms with E-state index in [0.29, 0.717) is 24.5 Å². The summed E-state index contributed by atoms with van der Waals surface area (Å²) in [7, 11) is 0. The number of nitrogens with zero attached hydrogens (tertiary/aromatic N) is 4. The second-order valence-corrected chi connectivity index (χ2v) is 19.8. The van der Waals surface area contributed by atoms with Crippen LogP contribution in [0.5, 0.6) is 0 Å². The summed E-state index contributed by atoms with van der Waals surface area (Å²) in [5.74, 6) is 1.80. The zero-order valence-corrected chi connectivity index (χ0v) is 38.8. The van der Waals surface area contributed by atoms with Gasteiger partial charge in [0.25, 0.3) is 0 Å². The number of piperidine rings is 2. The lowest BCUT2D eigenvalue weighted by atomic mass is 9.83. The molecule has 6 heterocycles. The number of likely N-dealkylation sites (tertiary alicyclic amines) is 2. The molecule has 0 radical (unpaired) electrons. The first-order valence-corrected chi connectivity index (χ1v) is 25.2. The SMILES string of the molecule is O=C([C@@H](c1ccccc1)N1CCCCC1)[C@@]1(c2nc3ccc(-c4ccc5ccc(-c6ccc7nc([C@]8(C(=O)[C@@H](c9ccccc9)N9CCCCC9)CCCN8)[nH]c7c6)cc5c4)cc3[nH]2)CCCN1. The van der Waals surface area contributed by atoms with Gasteiger partial charge in [-0.2, -0.15) is 0 Å². The van der Waals surface area contributed by atoms with E-state index in [1.165, 1.54) is 12.8 Å². The lowest BCUT2D eigenvalue weighted by Gasteiger charge is -2.38. The molecule has 8 aromatic rings. The first-order valence-electron chi connectivity index (χ1n) is 25.2. The number of ketones is 2. The van der Waals surface area contributed by atoms with Gasteiger partial charge in [-0.05, 0) is 171 Å². The smallest absolute Gasteiger partial charge is 0.182 e. The van der Waals surface area contributed by atoms with E-state index in [0.717, 1.165) is 144 Å². The fourth-order valence-corrected chi connectivity index (χ4v) is 12.1. The van der Waals surface area contributed by atoms with Crippen molar-refractivity contribution in [3.8, 4) is 22.3 Å². The topological polar surface area (TPSA) is 122 Å². The average molecular weight is 901 g/mol. The van der Waals surface area contributed by atoms with E-state index in [2.05, 4.69) is 127 Å². The monoisotopic (exact) mass is 900 g/mol. The summed E-state index contributed by atoms with van der Waals surface area (Å²) in [6, 6.07) is 46.1. The molecular formula is C58H60N8O2. The number of H-pyrrole nitrogens is 2.